The van der Waals surface area contributed by atoms with Crippen molar-refractivity contribution in [1.29, 1.82) is 0 Å². The van der Waals surface area contributed by atoms with Crippen molar-refractivity contribution < 1.29 is 8.78 Å². The van der Waals surface area contributed by atoms with Crippen molar-refractivity contribution in [2.24, 2.45) is 0 Å². The maximum Gasteiger partial charge on any atom is 0.271 e. The molecular formula is C7H6BrF2N. The lowest BCUT2D eigenvalue weighted by molar-refractivity contribution is 0.0166. The molecule has 0 saturated carbocycles. The zero-order valence-electron chi connectivity index (χ0n) is 5.81. The smallest absolute Gasteiger partial charge is 0.264 e. The number of hydrogen-bond acceptors (Lipinski definition) is 1. The predicted molar refractivity (Wildman–Crippen MR) is 41.5 cm³/mol. The van der Waals surface area contributed by atoms with Crippen LogP contribution in [0.1, 0.15) is 12.5 Å². The Morgan fingerprint density at radius 3 is 2.55 bits per heavy atom. The molecule has 0 N–H and O–H groups in total. The molecule has 0 bridgehead atoms. The van der Waals surface area contributed by atoms with Crippen molar-refractivity contribution in [2.45, 2.75) is 12.8 Å². The molecule has 0 aromatic carbocycles. The topological polar surface area (TPSA) is 12.9 Å². The molecule has 0 unspecified atom stereocenters. The Bertz CT molecular complexity index is 257. The van der Waals surface area contributed by atoms with Gasteiger partial charge in [-0.3, -0.25) is 4.98 Å². The van der Waals surface area contributed by atoms with Crippen molar-refractivity contribution >= 4 is 15.9 Å². The Morgan fingerprint density at radius 1 is 1.55 bits per heavy atom. The number of aromatic nitrogens is 1. The van der Waals surface area contributed by atoms with Gasteiger partial charge in [0.05, 0.1) is 0 Å². The third kappa shape index (κ3) is 1.96. The molecule has 1 nitrogen and oxygen atoms in total. The van der Waals surface area contributed by atoms with Gasteiger partial charge in [-0.1, -0.05) is 0 Å². The first-order chi connectivity index (χ1) is 5.02. The molecule has 11 heavy (non-hydrogen) atoms. The van der Waals surface area contributed by atoms with Gasteiger partial charge in [0, 0.05) is 29.4 Å². The van der Waals surface area contributed by atoms with Crippen LogP contribution in [0.5, 0.6) is 0 Å². The summed E-state index contributed by atoms with van der Waals surface area (Å²) in [6, 6.07) is 1.30. The third-order valence-corrected chi connectivity index (χ3v) is 1.88. The van der Waals surface area contributed by atoms with Gasteiger partial charge in [0.2, 0.25) is 0 Å². The van der Waals surface area contributed by atoms with Crippen molar-refractivity contribution in [2.75, 3.05) is 0 Å². The summed E-state index contributed by atoms with van der Waals surface area (Å²) >= 11 is 2.99. The normalized spacial score (nSPS) is 11.6. The largest absolute Gasteiger partial charge is 0.271 e. The molecule has 0 aliphatic carbocycles. The lowest BCUT2D eigenvalue weighted by Gasteiger charge is -2.10. The van der Waals surface area contributed by atoms with Gasteiger partial charge >= 0.3 is 0 Å². The predicted octanol–water partition coefficient (Wildman–Crippen LogP) is 2.96. The minimum atomic E-state index is -2.80. The van der Waals surface area contributed by atoms with Gasteiger partial charge in [0.25, 0.3) is 5.92 Å². The summed E-state index contributed by atoms with van der Waals surface area (Å²) in [5.74, 6) is -2.80. The second-order valence-corrected chi connectivity index (χ2v) is 3.10. The van der Waals surface area contributed by atoms with Crippen LogP contribution in [-0.4, -0.2) is 4.98 Å². The molecule has 0 spiro atoms. The fraction of sp³-hybridized carbons (Fsp3) is 0.286. The van der Waals surface area contributed by atoms with Gasteiger partial charge in [-0.15, -0.1) is 0 Å². The van der Waals surface area contributed by atoms with E-state index in [9.17, 15) is 8.78 Å². The van der Waals surface area contributed by atoms with Crippen LogP contribution in [0.15, 0.2) is 22.9 Å². The molecule has 4 heteroatoms. The third-order valence-electron chi connectivity index (χ3n) is 1.25. The molecule has 1 rings (SSSR count). The molecule has 0 fully saturated rings. The molecule has 0 saturated heterocycles. The Labute approximate surface area is 71.6 Å². The van der Waals surface area contributed by atoms with Crippen LogP contribution < -0.4 is 0 Å². The first-order valence-corrected chi connectivity index (χ1v) is 3.79. The Hall–Kier alpha value is -0.510. The van der Waals surface area contributed by atoms with Crippen LogP contribution in [0.2, 0.25) is 0 Å². The number of pyridine rings is 1. The SMILES string of the molecule is CC(F)(F)c1ccncc1Br. The summed E-state index contributed by atoms with van der Waals surface area (Å²) in [5, 5.41) is 0. The molecule has 0 radical (unpaired) electrons. The van der Waals surface area contributed by atoms with Crippen LogP contribution in [0, 0.1) is 0 Å². The summed E-state index contributed by atoms with van der Waals surface area (Å²) in [6.07, 6.45) is 2.70. The van der Waals surface area contributed by atoms with Crippen molar-refractivity contribution in [3.8, 4) is 0 Å². The van der Waals surface area contributed by atoms with Crippen molar-refractivity contribution in [1.82, 2.24) is 4.98 Å². The molecule has 0 atom stereocenters. The van der Waals surface area contributed by atoms with E-state index in [1.54, 1.807) is 0 Å². The summed E-state index contributed by atoms with van der Waals surface area (Å²) < 4.78 is 25.7. The first-order valence-electron chi connectivity index (χ1n) is 2.99. The van der Waals surface area contributed by atoms with E-state index in [1.807, 2.05) is 0 Å². The minimum absolute atomic E-state index is 0.0347. The van der Waals surface area contributed by atoms with Crippen LogP contribution in [-0.2, 0) is 5.92 Å². The maximum atomic E-state index is 12.7. The number of nitrogens with zero attached hydrogens (tertiary/aromatic N) is 1. The highest BCUT2D eigenvalue weighted by molar-refractivity contribution is 9.10. The van der Waals surface area contributed by atoms with Gasteiger partial charge < -0.3 is 0 Å². The summed E-state index contributed by atoms with van der Waals surface area (Å²) in [5.41, 5.74) is -0.0347. The van der Waals surface area contributed by atoms with E-state index in [2.05, 4.69) is 20.9 Å². The van der Waals surface area contributed by atoms with E-state index in [1.165, 1.54) is 18.5 Å². The van der Waals surface area contributed by atoms with E-state index in [0.29, 0.717) is 4.47 Å². The molecule has 0 aliphatic rings. The van der Waals surface area contributed by atoms with Gasteiger partial charge in [-0.2, -0.15) is 0 Å². The van der Waals surface area contributed by atoms with Crippen LogP contribution in [0.25, 0.3) is 0 Å². The lowest BCUT2D eigenvalue weighted by Crippen LogP contribution is -2.07. The van der Waals surface area contributed by atoms with E-state index in [-0.39, 0.29) is 5.56 Å². The molecule has 1 aromatic rings. The van der Waals surface area contributed by atoms with Gasteiger partial charge in [0.1, 0.15) is 0 Å². The molecule has 1 heterocycles. The van der Waals surface area contributed by atoms with Gasteiger partial charge in [-0.05, 0) is 22.0 Å². The quantitative estimate of drug-likeness (QED) is 0.711. The Kier molecular flexibility index (Phi) is 2.23. The minimum Gasteiger partial charge on any atom is -0.264 e. The molecule has 1 aromatic heterocycles. The second-order valence-electron chi connectivity index (χ2n) is 2.24. The van der Waals surface area contributed by atoms with E-state index >= 15 is 0 Å². The monoisotopic (exact) mass is 221 g/mol. The highest BCUT2D eigenvalue weighted by Crippen LogP contribution is 2.31. The molecule has 0 amide bonds. The highest BCUT2D eigenvalue weighted by atomic mass is 79.9. The number of halogens is 3. The Balaban J connectivity index is 3.14. The summed E-state index contributed by atoms with van der Waals surface area (Å²) in [4.78, 5) is 3.68. The standard InChI is InChI=1S/C7H6BrF2N/c1-7(9,10)5-2-3-11-4-6(5)8/h2-4H,1H3. The van der Waals surface area contributed by atoms with Crippen LogP contribution in [0.4, 0.5) is 8.78 Å². The number of alkyl halides is 2. The summed E-state index contributed by atoms with van der Waals surface area (Å²) in [7, 11) is 0. The van der Waals surface area contributed by atoms with E-state index in [0.717, 1.165) is 6.92 Å². The first kappa shape index (κ1) is 8.59. The second kappa shape index (κ2) is 2.85. The van der Waals surface area contributed by atoms with E-state index < -0.39 is 5.92 Å². The molecule has 60 valence electrons. The maximum absolute atomic E-state index is 12.7. The summed E-state index contributed by atoms with van der Waals surface area (Å²) in [6.45, 7) is 0.854. The number of rotatable bonds is 1. The van der Waals surface area contributed by atoms with Crippen molar-refractivity contribution in [3.63, 3.8) is 0 Å². The fourth-order valence-electron chi connectivity index (χ4n) is 0.731. The molecule has 0 aliphatic heterocycles. The highest BCUT2D eigenvalue weighted by Gasteiger charge is 2.26. The lowest BCUT2D eigenvalue weighted by atomic mass is 10.2. The average Bonchev–Trinajstić information content (AvgIpc) is 1.86. The van der Waals surface area contributed by atoms with Crippen LogP contribution in [0.3, 0.4) is 0 Å². The zero-order valence-corrected chi connectivity index (χ0v) is 7.40. The van der Waals surface area contributed by atoms with E-state index in [4.69, 9.17) is 0 Å². The fourth-order valence-corrected chi connectivity index (χ4v) is 1.33. The van der Waals surface area contributed by atoms with Crippen LogP contribution >= 0.6 is 15.9 Å². The zero-order chi connectivity index (χ0) is 8.48. The average molecular weight is 222 g/mol. The van der Waals surface area contributed by atoms with Gasteiger partial charge in [0.15, 0.2) is 0 Å². The van der Waals surface area contributed by atoms with Gasteiger partial charge in [-0.25, -0.2) is 8.78 Å². The molecular weight excluding hydrogens is 216 g/mol. The van der Waals surface area contributed by atoms with Crippen molar-refractivity contribution in [3.05, 3.63) is 28.5 Å². The Morgan fingerprint density at radius 2 is 2.18 bits per heavy atom. The number of hydrogen-bond donors (Lipinski definition) is 0.